The van der Waals surface area contributed by atoms with Gasteiger partial charge in [0.25, 0.3) is 5.69 Å². The van der Waals surface area contributed by atoms with Gasteiger partial charge in [0, 0.05) is 6.07 Å². The van der Waals surface area contributed by atoms with Crippen molar-refractivity contribution >= 4 is 17.3 Å². The van der Waals surface area contributed by atoms with Crippen LogP contribution in [0.5, 0.6) is 0 Å². The molecule has 0 N–H and O–H groups in total. The average molecular weight is 239 g/mol. The Kier molecular flexibility index (Phi) is 1.63. The van der Waals surface area contributed by atoms with Crippen molar-refractivity contribution in [3.05, 3.63) is 63.5 Å². The van der Waals surface area contributed by atoms with Crippen molar-refractivity contribution in [1.29, 1.82) is 0 Å². The number of nitrogens with zero attached hydrogens (tertiary/aromatic N) is 1. The molecule has 0 saturated heterocycles. The number of hydrogen-bond donors (Lipinski definition) is 0. The molecule has 2 rings (SSSR count). The van der Waals surface area contributed by atoms with E-state index in [-0.39, 0.29) is 16.1 Å². The first-order valence-electron chi connectivity index (χ1n) is 6.77. The lowest BCUT2D eigenvalue weighted by Crippen LogP contribution is -1.92. The zero-order chi connectivity index (χ0) is 15.9. The van der Waals surface area contributed by atoms with Crippen molar-refractivity contribution in [2.75, 3.05) is 0 Å². The Morgan fingerprint density at radius 2 is 1.94 bits per heavy atom. The van der Waals surface area contributed by atoms with E-state index in [1.165, 1.54) is 18.2 Å². The summed E-state index contributed by atoms with van der Waals surface area (Å²) in [6.07, 6.45) is 0. The number of benzene rings is 2. The summed E-state index contributed by atoms with van der Waals surface area (Å²) < 4.78 is 38.5. The summed E-state index contributed by atoms with van der Waals surface area (Å²) in [5, 5.41) is 11.0. The van der Waals surface area contributed by atoms with Gasteiger partial charge in [0.1, 0.15) is 0 Å². The smallest absolute Gasteiger partial charge is 0.258 e. The van der Waals surface area contributed by atoms with Crippen molar-refractivity contribution in [2.45, 2.75) is 0 Å². The second kappa shape index (κ2) is 4.33. The standard InChI is InChI=1S/C12H8ClNO2/c13-10-7-4-8-11(14(15)16)12(10)9-5-2-1-3-6-9/h1-8H/i1D,2D,3D,5D,6D. The van der Waals surface area contributed by atoms with Crippen LogP contribution in [-0.2, 0) is 0 Å². The fourth-order valence-electron chi connectivity index (χ4n) is 1.29. The number of rotatable bonds is 2. The van der Waals surface area contributed by atoms with E-state index < -0.39 is 40.8 Å². The maximum atomic E-state index is 11.1. The van der Waals surface area contributed by atoms with E-state index in [0.29, 0.717) is 0 Å². The van der Waals surface area contributed by atoms with Crippen LogP contribution in [0.25, 0.3) is 11.1 Å². The van der Waals surface area contributed by atoms with Gasteiger partial charge in [-0.1, -0.05) is 47.9 Å². The first kappa shape index (κ1) is 6.01. The van der Waals surface area contributed by atoms with E-state index >= 15 is 0 Å². The Morgan fingerprint density at radius 1 is 1.25 bits per heavy atom. The normalized spacial score (nSPS) is 14.4. The quantitative estimate of drug-likeness (QED) is 0.588. The summed E-state index contributed by atoms with van der Waals surface area (Å²) in [5.74, 6) is 0. The number of halogens is 1. The zero-order valence-electron chi connectivity index (χ0n) is 12.9. The third-order valence-electron chi connectivity index (χ3n) is 1.94. The second-order valence-corrected chi connectivity index (χ2v) is 3.30. The maximum Gasteiger partial charge on any atom is 0.278 e. The number of nitro benzene ring substituents is 1. The van der Waals surface area contributed by atoms with Crippen LogP contribution in [0.3, 0.4) is 0 Å². The summed E-state index contributed by atoms with van der Waals surface area (Å²) >= 11 is 5.96. The van der Waals surface area contributed by atoms with Crippen LogP contribution in [0.2, 0.25) is 5.02 Å². The summed E-state index contributed by atoms with van der Waals surface area (Å²) in [7, 11) is 0. The average Bonchev–Trinajstić information content (AvgIpc) is 2.44. The van der Waals surface area contributed by atoms with Gasteiger partial charge >= 0.3 is 0 Å². The minimum Gasteiger partial charge on any atom is -0.258 e. The van der Waals surface area contributed by atoms with Gasteiger partial charge in [0.05, 0.1) is 22.4 Å². The van der Waals surface area contributed by atoms with E-state index in [2.05, 4.69) is 0 Å². The largest absolute Gasteiger partial charge is 0.278 e. The molecule has 0 fully saturated rings. The molecule has 16 heavy (non-hydrogen) atoms. The highest BCUT2D eigenvalue weighted by atomic mass is 35.5. The third-order valence-corrected chi connectivity index (χ3v) is 2.25. The van der Waals surface area contributed by atoms with Crippen molar-refractivity contribution < 1.29 is 11.8 Å². The molecule has 2 aromatic rings. The molecule has 0 atom stereocenters. The van der Waals surface area contributed by atoms with Gasteiger partial charge in [-0.25, -0.2) is 0 Å². The Bertz CT molecular complexity index is 737. The number of nitro groups is 1. The van der Waals surface area contributed by atoms with Crippen molar-refractivity contribution in [3.63, 3.8) is 0 Å². The fourth-order valence-corrected chi connectivity index (χ4v) is 1.55. The Labute approximate surface area is 104 Å². The Hall–Kier alpha value is -1.87. The van der Waals surface area contributed by atoms with Gasteiger partial charge in [0.2, 0.25) is 0 Å². The highest BCUT2D eigenvalue weighted by Gasteiger charge is 2.17. The van der Waals surface area contributed by atoms with Gasteiger partial charge < -0.3 is 0 Å². The lowest BCUT2D eigenvalue weighted by molar-refractivity contribution is -0.384. The van der Waals surface area contributed by atoms with Crippen molar-refractivity contribution in [3.8, 4) is 11.1 Å². The molecule has 0 spiro atoms. The van der Waals surface area contributed by atoms with Crippen LogP contribution >= 0.6 is 11.6 Å². The topological polar surface area (TPSA) is 43.1 Å². The molecule has 0 aliphatic rings. The summed E-state index contributed by atoms with van der Waals surface area (Å²) in [5.41, 5.74) is -0.875. The first-order chi connectivity index (χ1) is 9.77. The van der Waals surface area contributed by atoms with E-state index in [1.54, 1.807) is 0 Å². The van der Waals surface area contributed by atoms with Crippen LogP contribution in [0.4, 0.5) is 5.69 Å². The lowest BCUT2D eigenvalue weighted by atomic mass is 10.0. The van der Waals surface area contributed by atoms with Crippen LogP contribution < -0.4 is 0 Å². The highest BCUT2D eigenvalue weighted by Crippen LogP contribution is 2.35. The SMILES string of the molecule is [2H]c1c([2H])c([2H])c(-c2c(Cl)cccc2[N+](=O)[O-])c([2H])c1[2H]. The predicted octanol–water partition coefficient (Wildman–Crippen LogP) is 3.92. The predicted molar refractivity (Wildman–Crippen MR) is 63.5 cm³/mol. The minimum absolute atomic E-state index is 0.0530. The molecule has 0 aliphatic heterocycles. The molecule has 2 aromatic carbocycles. The highest BCUT2D eigenvalue weighted by molar-refractivity contribution is 6.33. The van der Waals surface area contributed by atoms with E-state index in [0.717, 1.165) is 0 Å². The van der Waals surface area contributed by atoms with Crippen molar-refractivity contribution in [1.82, 2.24) is 0 Å². The van der Waals surface area contributed by atoms with Crippen molar-refractivity contribution in [2.24, 2.45) is 0 Å². The van der Waals surface area contributed by atoms with Crippen LogP contribution in [-0.4, -0.2) is 4.92 Å². The lowest BCUT2D eigenvalue weighted by Gasteiger charge is -2.04. The molecule has 0 aromatic heterocycles. The molecule has 0 aliphatic carbocycles. The molecular formula is C12H8ClNO2. The van der Waals surface area contributed by atoms with Gasteiger partial charge in [0.15, 0.2) is 0 Å². The van der Waals surface area contributed by atoms with Gasteiger partial charge in [-0.2, -0.15) is 0 Å². The third kappa shape index (κ3) is 1.90. The molecule has 3 nitrogen and oxygen atoms in total. The Balaban J connectivity index is 2.96. The molecular weight excluding hydrogens is 226 g/mol. The molecule has 0 heterocycles. The second-order valence-electron chi connectivity index (χ2n) is 2.89. The van der Waals surface area contributed by atoms with Crippen LogP contribution in [0, 0.1) is 10.1 Å². The van der Waals surface area contributed by atoms with Crippen LogP contribution in [0.1, 0.15) is 6.85 Å². The van der Waals surface area contributed by atoms with Crippen LogP contribution in [0.15, 0.2) is 48.4 Å². The first-order valence-corrected chi connectivity index (χ1v) is 4.65. The fraction of sp³-hybridized carbons (Fsp3) is 0. The summed E-state index contributed by atoms with van der Waals surface area (Å²) in [6.45, 7) is 0. The molecule has 0 amide bonds. The number of hydrogen-bond acceptors (Lipinski definition) is 2. The molecule has 80 valence electrons. The molecule has 0 saturated carbocycles. The molecule has 0 radical (unpaired) electrons. The zero-order valence-corrected chi connectivity index (χ0v) is 8.63. The molecule has 0 unspecified atom stereocenters. The monoisotopic (exact) mass is 238 g/mol. The summed E-state index contributed by atoms with van der Waals surface area (Å²) in [4.78, 5) is 10.4. The van der Waals surface area contributed by atoms with E-state index in [1.807, 2.05) is 0 Å². The van der Waals surface area contributed by atoms with E-state index in [9.17, 15) is 10.1 Å². The molecule has 0 bridgehead atoms. The van der Waals surface area contributed by atoms with E-state index in [4.69, 9.17) is 18.5 Å². The maximum absolute atomic E-state index is 11.1. The Morgan fingerprint density at radius 3 is 2.56 bits per heavy atom. The summed E-state index contributed by atoms with van der Waals surface area (Å²) in [6, 6.07) is 1.13. The van der Waals surface area contributed by atoms with Gasteiger partial charge in [-0.3, -0.25) is 10.1 Å². The van der Waals surface area contributed by atoms with Gasteiger partial charge in [-0.05, 0) is 11.6 Å². The minimum atomic E-state index is -0.706. The molecule has 4 heteroatoms. The van der Waals surface area contributed by atoms with Gasteiger partial charge in [-0.15, -0.1) is 0 Å².